The molecule has 0 saturated heterocycles. The van der Waals surface area contributed by atoms with Crippen molar-refractivity contribution in [2.45, 2.75) is 32.4 Å². The molecule has 6 nitrogen and oxygen atoms in total. The van der Waals surface area contributed by atoms with Gasteiger partial charge in [0.1, 0.15) is 11.8 Å². The van der Waals surface area contributed by atoms with Gasteiger partial charge in [-0.3, -0.25) is 4.79 Å². The molecule has 3 rings (SSSR count). The molecular weight excluding hydrogens is 296 g/mol. The molecule has 120 valence electrons. The number of rotatable bonds is 5. The number of hydrogen-bond acceptors (Lipinski definition) is 4. The van der Waals surface area contributed by atoms with E-state index in [-0.39, 0.29) is 24.3 Å². The van der Waals surface area contributed by atoms with Gasteiger partial charge in [0, 0.05) is 0 Å². The Balaban J connectivity index is 1.91. The minimum Gasteiger partial charge on any atom is -0.475 e. The second kappa shape index (κ2) is 6.16. The van der Waals surface area contributed by atoms with Crippen molar-refractivity contribution in [3.05, 3.63) is 47.9 Å². The van der Waals surface area contributed by atoms with Gasteiger partial charge in [0.15, 0.2) is 0 Å². The molecule has 1 aliphatic rings. The molecule has 1 atom stereocenters. The van der Waals surface area contributed by atoms with Crippen LogP contribution in [0.3, 0.4) is 0 Å². The zero-order valence-electron chi connectivity index (χ0n) is 12.8. The number of nitrogens with zero attached hydrogens (tertiary/aromatic N) is 1. The number of aromatic carboxylic acids is 1. The molecule has 1 aromatic carbocycles. The number of para-hydroxylation sites is 2. The van der Waals surface area contributed by atoms with E-state index in [2.05, 4.69) is 5.32 Å². The van der Waals surface area contributed by atoms with E-state index in [9.17, 15) is 9.59 Å². The Kier molecular flexibility index (Phi) is 4.06. The average Bonchev–Trinajstić information content (AvgIpc) is 3.00. The molecular formula is C17H18N2O4. The fraction of sp³-hybridized carbons (Fsp3) is 0.294. The third-order valence-corrected chi connectivity index (χ3v) is 3.85. The highest BCUT2D eigenvalue weighted by atomic mass is 16.4. The van der Waals surface area contributed by atoms with E-state index < -0.39 is 5.97 Å². The Bertz CT molecular complexity index is 738. The van der Waals surface area contributed by atoms with Gasteiger partial charge in [0.25, 0.3) is 0 Å². The standard InChI is InChI=1S/C17H18N2O4/c1-2-5-13-16(20)19(14-7-4-3-6-12(14)18-13)10-11-8-9-15(23-11)17(21)22/h3-4,6-9,13,18H,2,5,10H2,1H3,(H,21,22). The third-order valence-electron chi connectivity index (χ3n) is 3.85. The van der Waals surface area contributed by atoms with Crippen molar-refractivity contribution in [2.24, 2.45) is 0 Å². The average molecular weight is 314 g/mol. The van der Waals surface area contributed by atoms with Gasteiger partial charge >= 0.3 is 5.97 Å². The maximum atomic E-state index is 12.7. The van der Waals surface area contributed by atoms with Crippen molar-refractivity contribution in [3.63, 3.8) is 0 Å². The molecule has 1 aromatic heterocycles. The van der Waals surface area contributed by atoms with Gasteiger partial charge < -0.3 is 19.7 Å². The largest absolute Gasteiger partial charge is 0.475 e. The van der Waals surface area contributed by atoms with Crippen LogP contribution in [0.5, 0.6) is 0 Å². The number of furan rings is 1. The van der Waals surface area contributed by atoms with Crippen molar-refractivity contribution >= 4 is 23.3 Å². The fourth-order valence-corrected chi connectivity index (χ4v) is 2.77. The number of fused-ring (bicyclic) bond motifs is 1. The summed E-state index contributed by atoms with van der Waals surface area (Å²) in [5.74, 6) is -0.824. The van der Waals surface area contributed by atoms with Crippen molar-refractivity contribution < 1.29 is 19.1 Å². The van der Waals surface area contributed by atoms with Gasteiger partial charge in [-0.2, -0.15) is 0 Å². The van der Waals surface area contributed by atoms with Gasteiger partial charge in [-0.25, -0.2) is 4.79 Å². The lowest BCUT2D eigenvalue weighted by Crippen LogP contribution is -2.46. The number of anilines is 2. The topological polar surface area (TPSA) is 82.8 Å². The summed E-state index contributed by atoms with van der Waals surface area (Å²) in [6.45, 7) is 2.25. The molecule has 1 amide bonds. The minimum absolute atomic E-state index is 0.0289. The summed E-state index contributed by atoms with van der Waals surface area (Å²) in [5.41, 5.74) is 1.67. The molecule has 6 heteroatoms. The summed E-state index contributed by atoms with van der Waals surface area (Å²) in [4.78, 5) is 25.3. The Hall–Kier alpha value is -2.76. The van der Waals surface area contributed by atoms with E-state index in [4.69, 9.17) is 9.52 Å². The van der Waals surface area contributed by atoms with Crippen LogP contribution in [0, 0.1) is 0 Å². The van der Waals surface area contributed by atoms with E-state index in [0.717, 1.165) is 24.2 Å². The van der Waals surface area contributed by atoms with Crippen LogP contribution >= 0.6 is 0 Å². The number of carbonyl (C=O) groups excluding carboxylic acids is 1. The molecule has 0 spiro atoms. The van der Waals surface area contributed by atoms with Crippen molar-refractivity contribution in [3.8, 4) is 0 Å². The molecule has 2 heterocycles. The molecule has 2 N–H and O–H groups in total. The minimum atomic E-state index is -1.12. The summed E-state index contributed by atoms with van der Waals surface area (Å²) in [7, 11) is 0. The van der Waals surface area contributed by atoms with Crippen molar-refractivity contribution in [2.75, 3.05) is 10.2 Å². The van der Waals surface area contributed by atoms with Crippen molar-refractivity contribution in [1.82, 2.24) is 0 Å². The molecule has 2 aromatic rings. The molecule has 0 bridgehead atoms. The highest BCUT2D eigenvalue weighted by Crippen LogP contribution is 2.33. The predicted octanol–water partition coefficient (Wildman–Crippen LogP) is 3.11. The molecule has 0 radical (unpaired) electrons. The van der Waals surface area contributed by atoms with Crippen LogP contribution in [0.2, 0.25) is 0 Å². The summed E-state index contributed by atoms with van der Waals surface area (Å²) in [6, 6.07) is 10.3. The first kappa shape index (κ1) is 15.1. The van der Waals surface area contributed by atoms with Crippen LogP contribution in [0.15, 0.2) is 40.8 Å². The lowest BCUT2D eigenvalue weighted by Gasteiger charge is -2.34. The zero-order chi connectivity index (χ0) is 16.4. The highest BCUT2D eigenvalue weighted by molar-refractivity contribution is 6.04. The number of amides is 1. The summed E-state index contributed by atoms with van der Waals surface area (Å²) >= 11 is 0. The smallest absolute Gasteiger partial charge is 0.371 e. The first-order valence-electron chi connectivity index (χ1n) is 7.59. The number of benzene rings is 1. The quantitative estimate of drug-likeness (QED) is 0.886. The Morgan fingerprint density at radius 2 is 2.09 bits per heavy atom. The maximum Gasteiger partial charge on any atom is 0.371 e. The van der Waals surface area contributed by atoms with E-state index >= 15 is 0 Å². The number of carbonyl (C=O) groups is 2. The summed E-state index contributed by atoms with van der Waals surface area (Å²) < 4.78 is 5.29. The summed E-state index contributed by atoms with van der Waals surface area (Å²) in [6.07, 6.45) is 1.63. The van der Waals surface area contributed by atoms with Crippen LogP contribution in [0.4, 0.5) is 11.4 Å². The second-order valence-electron chi connectivity index (χ2n) is 5.50. The van der Waals surface area contributed by atoms with Gasteiger partial charge in [0.2, 0.25) is 11.7 Å². The van der Waals surface area contributed by atoms with E-state index in [1.54, 1.807) is 11.0 Å². The van der Waals surface area contributed by atoms with Crippen LogP contribution in [-0.4, -0.2) is 23.0 Å². The Labute approximate surface area is 133 Å². The van der Waals surface area contributed by atoms with Gasteiger partial charge in [0.05, 0.1) is 17.9 Å². The first-order chi connectivity index (χ1) is 11.1. The molecule has 1 unspecified atom stereocenters. The number of hydrogen-bond donors (Lipinski definition) is 2. The van der Waals surface area contributed by atoms with Gasteiger partial charge in [-0.15, -0.1) is 0 Å². The molecule has 0 aliphatic carbocycles. The molecule has 1 aliphatic heterocycles. The van der Waals surface area contributed by atoms with Crippen LogP contribution < -0.4 is 10.2 Å². The molecule has 0 fully saturated rings. The number of nitrogens with one attached hydrogen (secondary N) is 1. The van der Waals surface area contributed by atoms with Crippen LogP contribution in [-0.2, 0) is 11.3 Å². The predicted molar refractivity (Wildman–Crippen MR) is 85.6 cm³/mol. The Morgan fingerprint density at radius 1 is 1.30 bits per heavy atom. The van der Waals surface area contributed by atoms with Crippen LogP contribution in [0.25, 0.3) is 0 Å². The second-order valence-corrected chi connectivity index (χ2v) is 5.50. The molecule has 23 heavy (non-hydrogen) atoms. The monoisotopic (exact) mass is 314 g/mol. The zero-order valence-corrected chi connectivity index (χ0v) is 12.8. The van der Waals surface area contributed by atoms with Crippen molar-refractivity contribution in [1.29, 1.82) is 0 Å². The van der Waals surface area contributed by atoms with Crippen LogP contribution in [0.1, 0.15) is 36.1 Å². The maximum absolute atomic E-state index is 12.7. The lowest BCUT2D eigenvalue weighted by atomic mass is 10.0. The van der Waals surface area contributed by atoms with Gasteiger partial charge in [-0.05, 0) is 30.7 Å². The van der Waals surface area contributed by atoms with E-state index in [1.807, 2.05) is 31.2 Å². The normalized spacial score (nSPS) is 16.8. The van der Waals surface area contributed by atoms with E-state index in [1.165, 1.54) is 6.07 Å². The summed E-state index contributed by atoms with van der Waals surface area (Å²) in [5, 5.41) is 12.2. The highest BCUT2D eigenvalue weighted by Gasteiger charge is 2.32. The molecule has 0 saturated carbocycles. The first-order valence-corrected chi connectivity index (χ1v) is 7.59. The lowest BCUT2D eigenvalue weighted by molar-refractivity contribution is -0.119. The van der Waals surface area contributed by atoms with E-state index in [0.29, 0.717) is 5.76 Å². The number of carboxylic acid groups (broad SMARTS) is 1. The SMILES string of the molecule is CCCC1Nc2ccccc2N(Cc2ccc(C(=O)O)o2)C1=O. The third kappa shape index (κ3) is 2.92. The Morgan fingerprint density at radius 3 is 2.78 bits per heavy atom. The number of carboxylic acids is 1. The van der Waals surface area contributed by atoms with Gasteiger partial charge in [-0.1, -0.05) is 25.5 Å². The fourth-order valence-electron chi connectivity index (χ4n) is 2.77.